The van der Waals surface area contributed by atoms with Crippen LogP contribution in [0.1, 0.15) is 61.0 Å². The Morgan fingerprint density at radius 3 is 2.31 bits per heavy atom. The molecule has 0 aliphatic carbocycles. The lowest BCUT2D eigenvalue weighted by Gasteiger charge is -2.43. The van der Waals surface area contributed by atoms with E-state index in [4.69, 9.17) is 4.74 Å². The zero-order valence-electron chi connectivity index (χ0n) is 25.1. The maximum atomic E-state index is 12.9. The lowest BCUT2D eigenvalue weighted by molar-refractivity contribution is -0.125. The van der Waals surface area contributed by atoms with E-state index in [1.165, 1.54) is 0 Å². The van der Waals surface area contributed by atoms with Crippen LogP contribution in [0.15, 0.2) is 78.9 Å². The van der Waals surface area contributed by atoms with Gasteiger partial charge in [-0.3, -0.25) is 9.59 Å². The molecule has 222 valence electrons. The van der Waals surface area contributed by atoms with Crippen molar-refractivity contribution in [3.05, 3.63) is 95.6 Å². The van der Waals surface area contributed by atoms with Crippen LogP contribution in [0.25, 0.3) is 0 Å². The minimum atomic E-state index is -0.425. The number of nitrogens with zero attached hydrogens (tertiary/aromatic N) is 3. The van der Waals surface area contributed by atoms with Crippen LogP contribution in [0.5, 0.6) is 5.75 Å². The zero-order valence-corrected chi connectivity index (χ0v) is 25.1. The van der Waals surface area contributed by atoms with Crippen molar-refractivity contribution in [1.29, 1.82) is 0 Å². The average molecular weight is 569 g/mol. The van der Waals surface area contributed by atoms with Gasteiger partial charge in [0.05, 0.1) is 13.3 Å². The number of unbranched alkanes of at least 4 members (excludes halogenated alkanes) is 1. The molecule has 0 unspecified atom stereocenters. The van der Waals surface area contributed by atoms with E-state index in [2.05, 4.69) is 33.3 Å². The Labute approximate surface area is 250 Å². The van der Waals surface area contributed by atoms with E-state index in [0.717, 1.165) is 79.9 Å². The smallest absolute Gasteiger partial charge is 0.253 e. The van der Waals surface area contributed by atoms with Crippen molar-refractivity contribution in [3.8, 4) is 5.75 Å². The Bertz CT molecular complexity index is 1320. The Balaban J connectivity index is 1.07. The topological polar surface area (TPSA) is 65.1 Å². The minimum Gasteiger partial charge on any atom is -0.493 e. The number of para-hydroxylation sites is 2. The molecule has 2 aliphatic heterocycles. The van der Waals surface area contributed by atoms with Crippen molar-refractivity contribution in [3.63, 3.8) is 0 Å². The van der Waals surface area contributed by atoms with Gasteiger partial charge >= 0.3 is 0 Å². The van der Waals surface area contributed by atoms with Crippen molar-refractivity contribution < 1.29 is 14.3 Å². The highest BCUT2D eigenvalue weighted by Crippen LogP contribution is 2.36. The fourth-order valence-corrected chi connectivity index (χ4v) is 6.27. The summed E-state index contributed by atoms with van der Waals surface area (Å²) in [6.45, 7) is 9.59. The minimum absolute atomic E-state index is 0.0810. The molecule has 0 atom stereocenters. The second-order valence-corrected chi connectivity index (χ2v) is 11.3. The first-order chi connectivity index (χ1) is 20.5. The third kappa shape index (κ3) is 6.62. The van der Waals surface area contributed by atoms with Crippen molar-refractivity contribution in [2.24, 2.45) is 0 Å². The summed E-state index contributed by atoms with van der Waals surface area (Å²) >= 11 is 0. The summed E-state index contributed by atoms with van der Waals surface area (Å²) < 4.78 is 6.24. The summed E-state index contributed by atoms with van der Waals surface area (Å²) in [7, 11) is 0. The van der Waals surface area contributed by atoms with Gasteiger partial charge in [0.25, 0.3) is 5.91 Å². The molecule has 0 aromatic heterocycles. The fraction of sp³-hybridized carbons (Fsp3) is 0.429. The molecule has 0 saturated carbocycles. The number of likely N-dealkylation sites (tertiary alicyclic amines) is 1. The van der Waals surface area contributed by atoms with Crippen LogP contribution in [0, 0.1) is 0 Å². The molecule has 0 radical (unpaired) electrons. The van der Waals surface area contributed by atoms with Gasteiger partial charge in [-0.2, -0.15) is 0 Å². The summed E-state index contributed by atoms with van der Waals surface area (Å²) in [5.74, 6) is 1.17. The average Bonchev–Trinajstić information content (AvgIpc) is 3.34. The van der Waals surface area contributed by atoms with E-state index in [1.54, 1.807) is 0 Å². The second-order valence-electron chi connectivity index (χ2n) is 11.3. The van der Waals surface area contributed by atoms with E-state index >= 15 is 0 Å². The van der Waals surface area contributed by atoms with Gasteiger partial charge in [-0.25, -0.2) is 0 Å². The van der Waals surface area contributed by atoms with E-state index in [0.29, 0.717) is 26.4 Å². The number of amides is 2. The first-order valence-corrected chi connectivity index (χ1v) is 15.5. The summed E-state index contributed by atoms with van der Waals surface area (Å²) in [5.41, 5.74) is 3.73. The number of hydrogen-bond acceptors (Lipinski definition) is 5. The van der Waals surface area contributed by atoms with Gasteiger partial charge in [0, 0.05) is 43.9 Å². The van der Waals surface area contributed by atoms with Crippen LogP contribution in [-0.4, -0.2) is 73.2 Å². The Kier molecular flexibility index (Phi) is 9.80. The number of anilines is 1. The molecule has 42 heavy (non-hydrogen) atoms. The highest BCUT2D eigenvalue weighted by Gasteiger charge is 2.50. The quantitative estimate of drug-likeness (QED) is 0.299. The second kappa shape index (κ2) is 13.9. The zero-order chi connectivity index (χ0) is 29.4. The molecule has 2 fully saturated rings. The van der Waals surface area contributed by atoms with Crippen LogP contribution >= 0.6 is 0 Å². The molecule has 3 aromatic rings. The highest BCUT2D eigenvalue weighted by molar-refractivity contribution is 5.94. The number of ether oxygens (including phenoxy) is 1. The molecule has 5 rings (SSSR count). The Morgan fingerprint density at radius 1 is 0.905 bits per heavy atom. The number of carbonyl (C=O) groups is 2. The molecular weight excluding hydrogens is 524 g/mol. The Morgan fingerprint density at radius 2 is 1.60 bits per heavy atom. The monoisotopic (exact) mass is 568 g/mol. The molecule has 2 heterocycles. The van der Waals surface area contributed by atoms with Gasteiger partial charge in [0.2, 0.25) is 5.91 Å². The number of rotatable bonds is 12. The molecule has 2 amide bonds. The van der Waals surface area contributed by atoms with Gasteiger partial charge in [-0.15, -0.1) is 0 Å². The predicted molar refractivity (Wildman–Crippen MR) is 168 cm³/mol. The third-order valence-corrected chi connectivity index (χ3v) is 8.83. The SMILES string of the molecule is CCN(CC)C(=O)c1ccc(Cc2ccccc2OCCCCN2CCC3(CC2)C(=O)NCN3c2ccccc2)cc1. The molecule has 2 aliphatic rings. The van der Waals surface area contributed by atoms with Crippen molar-refractivity contribution in [1.82, 2.24) is 15.1 Å². The van der Waals surface area contributed by atoms with E-state index in [9.17, 15) is 9.59 Å². The lowest BCUT2D eigenvalue weighted by atomic mass is 9.85. The van der Waals surface area contributed by atoms with Crippen LogP contribution in [0.2, 0.25) is 0 Å². The van der Waals surface area contributed by atoms with Crippen molar-refractivity contribution in [2.75, 3.05) is 50.9 Å². The maximum absolute atomic E-state index is 12.9. The molecule has 7 heteroatoms. The first-order valence-electron chi connectivity index (χ1n) is 15.5. The normalized spacial score (nSPS) is 16.4. The Hall–Kier alpha value is -3.84. The van der Waals surface area contributed by atoms with Gasteiger partial charge in [0.1, 0.15) is 11.3 Å². The molecule has 0 bridgehead atoms. The van der Waals surface area contributed by atoms with E-state index < -0.39 is 5.54 Å². The summed E-state index contributed by atoms with van der Waals surface area (Å²) in [4.78, 5) is 32.1. The largest absolute Gasteiger partial charge is 0.493 e. The van der Waals surface area contributed by atoms with Gasteiger partial charge in [0.15, 0.2) is 0 Å². The molecular formula is C35H44N4O3. The van der Waals surface area contributed by atoms with E-state index in [1.807, 2.05) is 79.4 Å². The predicted octanol–water partition coefficient (Wildman–Crippen LogP) is 5.35. The third-order valence-electron chi connectivity index (χ3n) is 8.83. The summed E-state index contributed by atoms with van der Waals surface area (Å²) in [6, 6.07) is 26.5. The van der Waals surface area contributed by atoms with Crippen LogP contribution < -0.4 is 15.0 Å². The number of piperidine rings is 1. The molecule has 1 N–H and O–H groups in total. The standard InChI is InChI=1S/C35H44N4O3/c1-3-38(4-2)33(40)29-18-16-28(17-19-29)26-30-12-8-9-15-32(30)42-25-11-10-22-37-23-20-35(21-24-37)34(41)36-27-39(35)31-13-6-5-7-14-31/h5-9,12-19H,3-4,10-11,20-27H2,1-2H3,(H,36,41). The number of carbonyl (C=O) groups excluding carboxylic acids is 2. The maximum Gasteiger partial charge on any atom is 0.253 e. The molecule has 7 nitrogen and oxygen atoms in total. The van der Waals surface area contributed by atoms with Crippen LogP contribution in [0.4, 0.5) is 5.69 Å². The fourth-order valence-electron chi connectivity index (χ4n) is 6.27. The summed E-state index contributed by atoms with van der Waals surface area (Å²) in [5, 5.41) is 3.09. The molecule has 3 aromatic carbocycles. The number of nitrogens with one attached hydrogen (secondary N) is 1. The first kappa shape index (κ1) is 29.6. The highest BCUT2D eigenvalue weighted by atomic mass is 16.5. The van der Waals surface area contributed by atoms with Crippen molar-refractivity contribution >= 4 is 17.5 Å². The van der Waals surface area contributed by atoms with Gasteiger partial charge in [-0.1, -0.05) is 48.5 Å². The van der Waals surface area contributed by atoms with Gasteiger partial charge < -0.3 is 24.8 Å². The van der Waals surface area contributed by atoms with Gasteiger partial charge in [-0.05, 0) is 87.5 Å². The molecule has 2 saturated heterocycles. The summed E-state index contributed by atoms with van der Waals surface area (Å²) in [6.07, 6.45) is 4.50. The van der Waals surface area contributed by atoms with E-state index in [-0.39, 0.29) is 11.8 Å². The number of hydrogen-bond donors (Lipinski definition) is 1. The van der Waals surface area contributed by atoms with Crippen molar-refractivity contribution in [2.45, 2.75) is 51.5 Å². The number of benzene rings is 3. The van der Waals surface area contributed by atoms with Crippen LogP contribution in [-0.2, 0) is 11.2 Å². The lowest BCUT2D eigenvalue weighted by Crippen LogP contribution is -2.56. The molecule has 1 spiro atoms. The van der Waals surface area contributed by atoms with Crippen LogP contribution in [0.3, 0.4) is 0 Å².